The highest BCUT2D eigenvalue weighted by molar-refractivity contribution is 6.02. The van der Waals surface area contributed by atoms with Crippen molar-refractivity contribution in [2.24, 2.45) is 0 Å². The van der Waals surface area contributed by atoms with Gasteiger partial charge in [-0.3, -0.25) is 9.88 Å². The topological polar surface area (TPSA) is 159 Å². The Bertz CT molecular complexity index is 1560. The fraction of sp³-hybridized carbons (Fsp3) is 0.296. The van der Waals surface area contributed by atoms with E-state index in [0.29, 0.717) is 16.9 Å². The lowest BCUT2D eigenvalue weighted by Crippen LogP contribution is -2.34. The number of hydrogen-bond acceptors (Lipinski definition) is 9. The number of anilines is 2. The number of benzene rings is 2. The number of fused-ring (bicyclic) bond motifs is 2. The molecule has 0 saturated carbocycles. The summed E-state index contributed by atoms with van der Waals surface area (Å²) in [6.07, 6.45) is 0.533. The van der Waals surface area contributed by atoms with Gasteiger partial charge in [0, 0.05) is 5.69 Å². The molecule has 2 amide bonds. The van der Waals surface area contributed by atoms with Crippen LogP contribution in [0.2, 0.25) is 0 Å². The Morgan fingerprint density at radius 3 is 2.55 bits per heavy atom. The van der Waals surface area contributed by atoms with Gasteiger partial charge in [-0.05, 0) is 38.1 Å². The normalized spacial score (nSPS) is 23.1. The minimum absolute atomic E-state index is 0.0233. The van der Waals surface area contributed by atoms with Crippen LogP contribution in [-0.4, -0.2) is 67.3 Å². The molecule has 0 spiro atoms. The van der Waals surface area contributed by atoms with Crippen molar-refractivity contribution in [1.29, 1.82) is 0 Å². The molecule has 3 N–H and O–H groups in total. The zero-order valence-electron chi connectivity index (χ0n) is 21.6. The number of hydrogen-bond donors (Lipinski definition) is 3. The Balaban J connectivity index is 1.24. The fourth-order valence-corrected chi connectivity index (χ4v) is 4.88. The number of nitrogens with one attached hydrogen (secondary N) is 2. The summed E-state index contributed by atoms with van der Waals surface area (Å²) in [5.41, 5.74) is 1.45. The van der Waals surface area contributed by atoms with Gasteiger partial charge >= 0.3 is 12.0 Å². The van der Waals surface area contributed by atoms with E-state index in [-0.39, 0.29) is 23.7 Å². The van der Waals surface area contributed by atoms with E-state index in [2.05, 4.69) is 25.6 Å². The van der Waals surface area contributed by atoms with Crippen LogP contribution in [0.15, 0.2) is 67.3 Å². The van der Waals surface area contributed by atoms with Crippen LogP contribution >= 0.6 is 0 Å². The number of ether oxygens (including phenoxy) is 4. The third kappa shape index (κ3) is 4.93. The van der Waals surface area contributed by atoms with E-state index in [9.17, 15) is 14.7 Å². The van der Waals surface area contributed by atoms with Gasteiger partial charge in [-0.1, -0.05) is 30.3 Å². The van der Waals surface area contributed by atoms with Gasteiger partial charge in [-0.25, -0.2) is 24.5 Å². The van der Waals surface area contributed by atoms with Crippen molar-refractivity contribution < 1.29 is 33.6 Å². The summed E-state index contributed by atoms with van der Waals surface area (Å²) in [5, 5.41) is 14.9. The van der Waals surface area contributed by atoms with Crippen LogP contribution in [0.1, 0.15) is 30.4 Å². The van der Waals surface area contributed by atoms with E-state index in [0.717, 1.165) is 0 Å². The quantitative estimate of drug-likeness (QED) is 0.312. The molecule has 0 bridgehead atoms. The van der Waals surface area contributed by atoms with Crippen LogP contribution in [0.4, 0.5) is 16.3 Å². The zero-order valence-corrected chi connectivity index (χ0v) is 21.6. The molecule has 13 nitrogen and oxygen atoms in total. The summed E-state index contributed by atoms with van der Waals surface area (Å²) < 4.78 is 26.3. The van der Waals surface area contributed by atoms with Gasteiger partial charge in [0.15, 0.2) is 29.0 Å². The zero-order chi connectivity index (χ0) is 27.9. The Hall–Kier alpha value is -4.59. The van der Waals surface area contributed by atoms with E-state index in [1.54, 1.807) is 41.2 Å². The number of carbonyl (C=O) groups is 2. The van der Waals surface area contributed by atoms with E-state index in [1.807, 2.05) is 32.0 Å². The van der Waals surface area contributed by atoms with Gasteiger partial charge < -0.3 is 29.4 Å². The standard InChI is InChI=1S/C27H26N6O7/c1-27(2)39-20-18(12-37-17-11-7-6-10-16(17)25(34)35)38-24(21(20)40-27)33-14-30-19-22(28-13-29-23(19)33)32-26(36)31-15-8-4-3-5-9-15/h3-11,13-14,18,20-21,24H,12H2,1-2H3,(H,34,35)(H2,28,29,31,32,36). The summed E-state index contributed by atoms with van der Waals surface area (Å²) in [6.45, 7) is 3.64. The third-order valence-electron chi connectivity index (χ3n) is 6.54. The lowest BCUT2D eigenvalue weighted by atomic mass is 10.1. The van der Waals surface area contributed by atoms with Gasteiger partial charge in [-0.2, -0.15) is 0 Å². The molecule has 4 unspecified atom stereocenters. The van der Waals surface area contributed by atoms with Crippen molar-refractivity contribution in [3.05, 3.63) is 72.8 Å². The highest BCUT2D eigenvalue weighted by atomic mass is 16.8. The maximum atomic E-state index is 12.6. The molecule has 2 aliphatic heterocycles. The molecule has 2 saturated heterocycles. The summed E-state index contributed by atoms with van der Waals surface area (Å²) in [6, 6.07) is 14.9. The number of rotatable bonds is 7. The van der Waals surface area contributed by atoms with Crippen molar-refractivity contribution in [1.82, 2.24) is 19.5 Å². The molecule has 4 aromatic rings. The van der Waals surface area contributed by atoms with Crippen LogP contribution < -0.4 is 15.4 Å². The number of urea groups is 1. The number of aromatic nitrogens is 4. The molecule has 6 rings (SSSR count). The number of amides is 2. The van der Waals surface area contributed by atoms with Gasteiger partial charge in [0.05, 0.1) is 6.33 Å². The van der Waals surface area contributed by atoms with Crippen LogP contribution in [0.3, 0.4) is 0 Å². The second-order valence-electron chi connectivity index (χ2n) is 9.73. The van der Waals surface area contributed by atoms with E-state index in [1.165, 1.54) is 12.4 Å². The van der Waals surface area contributed by atoms with Crippen molar-refractivity contribution in [3.8, 4) is 5.75 Å². The summed E-state index contributed by atoms with van der Waals surface area (Å²) >= 11 is 0. The molecule has 40 heavy (non-hydrogen) atoms. The van der Waals surface area contributed by atoms with Crippen LogP contribution in [0.5, 0.6) is 5.75 Å². The molecule has 2 fully saturated rings. The Kier molecular flexibility index (Phi) is 6.54. The second-order valence-corrected chi connectivity index (χ2v) is 9.73. The molecule has 2 aromatic carbocycles. The molecule has 4 heterocycles. The number of carbonyl (C=O) groups excluding carboxylic acids is 1. The Morgan fingerprint density at radius 1 is 1.00 bits per heavy atom. The van der Waals surface area contributed by atoms with E-state index in [4.69, 9.17) is 18.9 Å². The van der Waals surface area contributed by atoms with Crippen LogP contribution in [0, 0.1) is 0 Å². The highest BCUT2D eigenvalue weighted by Gasteiger charge is 2.56. The molecular weight excluding hydrogens is 520 g/mol. The van der Waals surface area contributed by atoms with E-state index >= 15 is 0 Å². The van der Waals surface area contributed by atoms with Crippen LogP contribution in [0.25, 0.3) is 11.2 Å². The minimum atomic E-state index is -1.09. The molecular formula is C27H26N6O7. The summed E-state index contributed by atoms with van der Waals surface area (Å²) in [4.78, 5) is 37.2. The second kappa shape index (κ2) is 10.2. The Labute approximate surface area is 228 Å². The average Bonchev–Trinajstić information content (AvgIpc) is 3.59. The lowest BCUT2D eigenvalue weighted by Gasteiger charge is -2.25. The molecule has 0 radical (unpaired) electrons. The van der Waals surface area contributed by atoms with Crippen LogP contribution in [-0.2, 0) is 14.2 Å². The molecule has 13 heteroatoms. The fourth-order valence-electron chi connectivity index (χ4n) is 4.88. The predicted molar refractivity (Wildman–Crippen MR) is 141 cm³/mol. The molecule has 4 atom stereocenters. The number of nitrogens with zero attached hydrogens (tertiary/aromatic N) is 4. The number of imidazole rings is 1. The molecule has 2 aromatic heterocycles. The molecule has 2 aliphatic rings. The van der Waals surface area contributed by atoms with Gasteiger partial charge in [0.25, 0.3) is 0 Å². The maximum Gasteiger partial charge on any atom is 0.339 e. The number of para-hydroxylation sites is 2. The SMILES string of the molecule is CC1(C)OC2C(COc3ccccc3C(=O)O)OC(n3cnc4c(NC(=O)Nc5ccccc5)ncnc43)C2O1. The third-order valence-corrected chi connectivity index (χ3v) is 6.54. The number of carboxylic acids is 1. The summed E-state index contributed by atoms with van der Waals surface area (Å²) in [5.74, 6) is -1.53. The highest BCUT2D eigenvalue weighted by Crippen LogP contribution is 2.44. The van der Waals surface area contributed by atoms with Crippen molar-refractivity contribution >= 4 is 34.7 Å². The molecule has 0 aliphatic carbocycles. The minimum Gasteiger partial charge on any atom is -0.490 e. The van der Waals surface area contributed by atoms with Crippen molar-refractivity contribution in [3.63, 3.8) is 0 Å². The number of carboxylic acid groups (broad SMARTS) is 1. The van der Waals surface area contributed by atoms with Crippen molar-refractivity contribution in [2.45, 2.75) is 44.2 Å². The van der Waals surface area contributed by atoms with E-state index < -0.39 is 42.3 Å². The van der Waals surface area contributed by atoms with Crippen molar-refractivity contribution in [2.75, 3.05) is 17.2 Å². The van der Waals surface area contributed by atoms with Gasteiger partial charge in [0.2, 0.25) is 0 Å². The van der Waals surface area contributed by atoms with Gasteiger partial charge in [-0.15, -0.1) is 0 Å². The first-order valence-electron chi connectivity index (χ1n) is 12.6. The Morgan fingerprint density at radius 2 is 1.75 bits per heavy atom. The lowest BCUT2D eigenvalue weighted by molar-refractivity contribution is -0.198. The van der Waals surface area contributed by atoms with Gasteiger partial charge in [0.1, 0.15) is 42.6 Å². The maximum absolute atomic E-state index is 12.6. The number of aromatic carboxylic acids is 1. The first kappa shape index (κ1) is 25.7. The monoisotopic (exact) mass is 546 g/mol. The first-order chi connectivity index (χ1) is 19.3. The summed E-state index contributed by atoms with van der Waals surface area (Å²) in [7, 11) is 0. The predicted octanol–water partition coefficient (Wildman–Crippen LogP) is 3.67. The average molecular weight is 547 g/mol. The first-order valence-corrected chi connectivity index (χ1v) is 12.6. The molecule has 206 valence electrons. The smallest absolute Gasteiger partial charge is 0.339 e. The largest absolute Gasteiger partial charge is 0.490 e.